The number of carbonyl (C=O) groups excluding carboxylic acids is 1. The van der Waals surface area contributed by atoms with Crippen LogP contribution in [0, 0.1) is 19.8 Å². The lowest BCUT2D eigenvalue weighted by Crippen LogP contribution is -2.37. The van der Waals surface area contributed by atoms with E-state index in [9.17, 15) is 9.59 Å². The molecule has 1 heterocycles. The number of hydrogen-bond acceptors (Lipinski definition) is 5. The number of primary amides is 1. The maximum absolute atomic E-state index is 11.9. The molecule has 2 rings (SSSR count). The lowest BCUT2D eigenvalue weighted by atomic mass is 10.0. The third-order valence-corrected chi connectivity index (χ3v) is 3.60. The van der Waals surface area contributed by atoms with Crippen molar-refractivity contribution in [3.05, 3.63) is 45.7 Å². The number of aromatic amines is 1. The summed E-state index contributed by atoms with van der Waals surface area (Å²) in [6.07, 6.45) is 0.549. The highest BCUT2D eigenvalue weighted by Gasteiger charge is 2.18. The fourth-order valence-electron chi connectivity index (χ4n) is 2.67. The maximum Gasteiger partial charge on any atom is 0.254 e. The molecule has 1 amide bonds. The summed E-state index contributed by atoms with van der Waals surface area (Å²) in [5.74, 6) is 0.394. The SMILES string of the molecule is Cc1cc(C)cc(Nc2cc(=O)[nH]c(NC(CC(C)C)C(N)=O)n2)c1. The average Bonchev–Trinajstić information content (AvgIpc) is 2.44. The monoisotopic (exact) mass is 343 g/mol. The quantitative estimate of drug-likeness (QED) is 0.617. The molecule has 0 aliphatic rings. The minimum absolute atomic E-state index is 0.212. The van der Waals surface area contributed by atoms with E-state index >= 15 is 0 Å². The van der Waals surface area contributed by atoms with Crippen molar-refractivity contribution in [1.82, 2.24) is 9.97 Å². The summed E-state index contributed by atoms with van der Waals surface area (Å²) in [4.78, 5) is 30.4. The zero-order chi connectivity index (χ0) is 18.6. The Labute approximate surface area is 147 Å². The first-order valence-electron chi connectivity index (χ1n) is 8.25. The summed E-state index contributed by atoms with van der Waals surface area (Å²) in [7, 11) is 0. The van der Waals surface area contributed by atoms with E-state index in [1.807, 2.05) is 39.8 Å². The fourth-order valence-corrected chi connectivity index (χ4v) is 2.67. The zero-order valence-electron chi connectivity index (χ0n) is 15.0. The van der Waals surface area contributed by atoms with Crippen molar-refractivity contribution in [2.75, 3.05) is 10.6 Å². The fraction of sp³-hybridized carbons (Fsp3) is 0.389. The molecule has 1 aromatic carbocycles. The van der Waals surface area contributed by atoms with Crippen molar-refractivity contribution in [2.45, 2.75) is 40.2 Å². The van der Waals surface area contributed by atoms with Crippen LogP contribution in [-0.2, 0) is 4.79 Å². The van der Waals surface area contributed by atoms with Gasteiger partial charge >= 0.3 is 0 Å². The first-order valence-corrected chi connectivity index (χ1v) is 8.25. The van der Waals surface area contributed by atoms with Gasteiger partial charge in [-0.2, -0.15) is 4.98 Å². The van der Waals surface area contributed by atoms with Gasteiger partial charge in [0.2, 0.25) is 11.9 Å². The van der Waals surface area contributed by atoms with Gasteiger partial charge < -0.3 is 16.4 Å². The molecule has 0 saturated carbocycles. The number of rotatable bonds is 7. The van der Waals surface area contributed by atoms with Crippen molar-refractivity contribution < 1.29 is 4.79 Å². The average molecular weight is 343 g/mol. The van der Waals surface area contributed by atoms with E-state index in [0.717, 1.165) is 16.8 Å². The lowest BCUT2D eigenvalue weighted by Gasteiger charge is -2.18. The first kappa shape index (κ1) is 18.5. The van der Waals surface area contributed by atoms with Gasteiger partial charge in [0, 0.05) is 11.8 Å². The molecule has 5 N–H and O–H groups in total. The van der Waals surface area contributed by atoms with Gasteiger partial charge in [-0.05, 0) is 49.4 Å². The maximum atomic E-state index is 11.9. The largest absolute Gasteiger partial charge is 0.368 e. The summed E-state index contributed by atoms with van der Waals surface area (Å²) < 4.78 is 0. The predicted octanol–water partition coefficient (Wildman–Crippen LogP) is 2.44. The van der Waals surface area contributed by atoms with Crippen LogP contribution < -0.4 is 21.9 Å². The van der Waals surface area contributed by atoms with Gasteiger partial charge in [0.15, 0.2) is 0 Å². The zero-order valence-corrected chi connectivity index (χ0v) is 15.0. The van der Waals surface area contributed by atoms with E-state index in [0.29, 0.717) is 12.2 Å². The van der Waals surface area contributed by atoms with E-state index in [-0.39, 0.29) is 17.4 Å². The Morgan fingerprint density at radius 1 is 1.20 bits per heavy atom. The highest BCUT2D eigenvalue weighted by Crippen LogP contribution is 2.18. The molecular formula is C18H25N5O2. The number of aryl methyl sites for hydroxylation is 2. The van der Waals surface area contributed by atoms with Gasteiger partial charge in [-0.1, -0.05) is 19.9 Å². The molecule has 0 radical (unpaired) electrons. The van der Waals surface area contributed by atoms with Crippen molar-refractivity contribution in [3.8, 4) is 0 Å². The van der Waals surface area contributed by atoms with E-state index in [1.165, 1.54) is 6.07 Å². The summed E-state index contributed by atoms with van der Waals surface area (Å²) in [6, 6.07) is 6.76. The molecule has 7 heteroatoms. The van der Waals surface area contributed by atoms with Crippen LogP contribution in [0.15, 0.2) is 29.1 Å². The molecular weight excluding hydrogens is 318 g/mol. The second-order valence-corrected chi connectivity index (χ2v) is 6.71. The van der Waals surface area contributed by atoms with Gasteiger partial charge in [-0.25, -0.2) is 0 Å². The van der Waals surface area contributed by atoms with Gasteiger partial charge in [0.25, 0.3) is 5.56 Å². The number of amides is 1. The second-order valence-electron chi connectivity index (χ2n) is 6.71. The highest BCUT2D eigenvalue weighted by atomic mass is 16.1. The lowest BCUT2D eigenvalue weighted by molar-refractivity contribution is -0.119. The molecule has 1 aromatic heterocycles. The molecule has 0 aliphatic heterocycles. The van der Waals surface area contributed by atoms with Crippen LogP contribution in [0.5, 0.6) is 0 Å². The number of benzene rings is 1. The third-order valence-electron chi connectivity index (χ3n) is 3.60. The Morgan fingerprint density at radius 3 is 2.40 bits per heavy atom. The molecule has 2 aromatic rings. The van der Waals surface area contributed by atoms with Gasteiger partial charge in [0.1, 0.15) is 11.9 Å². The van der Waals surface area contributed by atoms with Crippen LogP contribution in [0.3, 0.4) is 0 Å². The van der Waals surface area contributed by atoms with Gasteiger partial charge in [0.05, 0.1) is 0 Å². The standard InChI is InChI=1S/C18H25N5O2/c1-10(2)5-14(17(19)25)21-18-22-15(9-16(24)23-18)20-13-7-11(3)6-12(4)8-13/h6-10,14H,5H2,1-4H3,(H2,19,25)(H3,20,21,22,23,24). The minimum Gasteiger partial charge on any atom is -0.368 e. The Morgan fingerprint density at radius 2 is 1.84 bits per heavy atom. The Hall–Kier alpha value is -2.83. The van der Waals surface area contributed by atoms with Crippen molar-refractivity contribution in [3.63, 3.8) is 0 Å². The molecule has 0 spiro atoms. The number of hydrogen-bond donors (Lipinski definition) is 4. The Bertz CT molecular complexity index is 793. The van der Waals surface area contributed by atoms with Crippen LogP contribution in [0.1, 0.15) is 31.4 Å². The van der Waals surface area contributed by atoms with Crippen molar-refractivity contribution >= 4 is 23.4 Å². The van der Waals surface area contributed by atoms with Crippen LogP contribution in [-0.4, -0.2) is 21.9 Å². The molecule has 1 atom stereocenters. The summed E-state index contributed by atoms with van der Waals surface area (Å²) in [5, 5.41) is 6.04. The molecule has 25 heavy (non-hydrogen) atoms. The number of nitrogens with two attached hydrogens (primary N) is 1. The topological polar surface area (TPSA) is 113 Å². The number of aromatic nitrogens is 2. The third kappa shape index (κ3) is 5.63. The Kier molecular flexibility index (Phi) is 5.80. The number of anilines is 3. The highest BCUT2D eigenvalue weighted by molar-refractivity contribution is 5.82. The molecule has 0 fully saturated rings. The smallest absolute Gasteiger partial charge is 0.254 e. The van der Waals surface area contributed by atoms with Gasteiger partial charge in [-0.15, -0.1) is 0 Å². The first-order chi connectivity index (χ1) is 11.7. The molecule has 134 valence electrons. The van der Waals surface area contributed by atoms with E-state index in [2.05, 4.69) is 26.7 Å². The number of H-pyrrole nitrogens is 1. The van der Waals surface area contributed by atoms with E-state index < -0.39 is 11.9 Å². The van der Waals surface area contributed by atoms with Gasteiger partial charge in [-0.3, -0.25) is 14.6 Å². The summed E-state index contributed by atoms with van der Waals surface area (Å²) in [5.41, 5.74) is 8.17. The molecule has 7 nitrogen and oxygen atoms in total. The van der Waals surface area contributed by atoms with E-state index in [1.54, 1.807) is 0 Å². The van der Waals surface area contributed by atoms with Crippen LogP contribution in [0.25, 0.3) is 0 Å². The molecule has 0 aliphatic carbocycles. The summed E-state index contributed by atoms with van der Waals surface area (Å²) in [6.45, 7) is 7.98. The van der Waals surface area contributed by atoms with Crippen molar-refractivity contribution in [1.29, 1.82) is 0 Å². The second kappa shape index (κ2) is 7.83. The van der Waals surface area contributed by atoms with Crippen molar-refractivity contribution in [2.24, 2.45) is 11.7 Å². The van der Waals surface area contributed by atoms with Crippen LogP contribution in [0.2, 0.25) is 0 Å². The molecule has 0 saturated heterocycles. The number of carbonyl (C=O) groups is 1. The number of nitrogens with one attached hydrogen (secondary N) is 3. The molecule has 1 unspecified atom stereocenters. The van der Waals surface area contributed by atoms with Crippen LogP contribution in [0.4, 0.5) is 17.5 Å². The number of nitrogens with zero attached hydrogens (tertiary/aromatic N) is 1. The van der Waals surface area contributed by atoms with E-state index in [4.69, 9.17) is 5.73 Å². The molecule has 0 bridgehead atoms. The minimum atomic E-state index is -0.598. The predicted molar refractivity (Wildman–Crippen MR) is 100 cm³/mol. The summed E-state index contributed by atoms with van der Waals surface area (Å²) >= 11 is 0. The Balaban J connectivity index is 2.24. The normalized spacial score (nSPS) is 12.0. The van der Waals surface area contributed by atoms with Crippen LogP contribution >= 0.6 is 0 Å².